The molecule has 0 saturated heterocycles. The van der Waals surface area contributed by atoms with E-state index < -0.39 is 0 Å². The molecule has 0 amide bonds. The summed E-state index contributed by atoms with van der Waals surface area (Å²) < 4.78 is 27.2. The monoisotopic (exact) mass is 303 g/mol. The molecule has 0 fully saturated rings. The lowest BCUT2D eigenvalue weighted by Gasteiger charge is -2.07. The van der Waals surface area contributed by atoms with E-state index in [0.29, 0.717) is 36.8 Å². The molecule has 22 heavy (non-hydrogen) atoms. The van der Waals surface area contributed by atoms with Crippen LogP contribution in [-0.4, -0.2) is 12.8 Å². The van der Waals surface area contributed by atoms with Crippen LogP contribution in [0.4, 0.5) is 8.78 Å². The van der Waals surface area contributed by atoms with Gasteiger partial charge in [0.25, 0.3) is 0 Å². The highest BCUT2D eigenvalue weighted by atomic mass is 19.1. The van der Waals surface area contributed by atoms with E-state index in [1.807, 2.05) is 12.1 Å². The summed E-state index contributed by atoms with van der Waals surface area (Å²) in [6.07, 6.45) is 2.27. The number of rotatable bonds is 7. The van der Waals surface area contributed by atoms with E-state index in [1.54, 1.807) is 24.3 Å². The number of oxime groups is 1. The van der Waals surface area contributed by atoms with E-state index in [-0.39, 0.29) is 11.6 Å². The quantitative estimate of drug-likeness (QED) is 0.544. The minimum atomic E-state index is -0.214. The second-order valence-corrected chi connectivity index (χ2v) is 5.02. The van der Waals surface area contributed by atoms with E-state index in [0.717, 1.165) is 5.71 Å². The molecule has 0 atom stereocenters. The first-order chi connectivity index (χ1) is 10.7. The van der Waals surface area contributed by atoms with Crippen LogP contribution in [0.2, 0.25) is 0 Å². The molecule has 116 valence electrons. The summed E-state index contributed by atoms with van der Waals surface area (Å²) in [5.41, 5.74) is 2.10. The SMILES string of the molecule is CON=C(CCc1ccccc1F)CCc1ccccc1F. The maximum atomic E-state index is 13.6. The Labute approximate surface area is 129 Å². The summed E-state index contributed by atoms with van der Waals surface area (Å²) in [7, 11) is 1.48. The zero-order valence-corrected chi connectivity index (χ0v) is 12.6. The largest absolute Gasteiger partial charge is 0.399 e. The Morgan fingerprint density at radius 1 is 0.864 bits per heavy atom. The highest BCUT2D eigenvalue weighted by molar-refractivity contribution is 5.84. The average Bonchev–Trinajstić information content (AvgIpc) is 2.53. The second-order valence-electron chi connectivity index (χ2n) is 5.02. The predicted molar refractivity (Wildman–Crippen MR) is 83.9 cm³/mol. The van der Waals surface area contributed by atoms with E-state index in [9.17, 15) is 8.78 Å². The van der Waals surface area contributed by atoms with E-state index in [2.05, 4.69) is 5.16 Å². The van der Waals surface area contributed by atoms with Crippen LogP contribution >= 0.6 is 0 Å². The lowest BCUT2D eigenvalue weighted by atomic mass is 10.0. The van der Waals surface area contributed by atoms with Gasteiger partial charge in [0, 0.05) is 0 Å². The highest BCUT2D eigenvalue weighted by Crippen LogP contribution is 2.13. The fraction of sp³-hybridized carbons (Fsp3) is 0.278. The molecular weight excluding hydrogens is 284 g/mol. The summed E-state index contributed by atoms with van der Waals surface area (Å²) in [6.45, 7) is 0. The van der Waals surface area contributed by atoms with Crippen LogP contribution in [0.15, 0.2) is 53.7 Å². The third-order valence-electron chi connectivity index (χ3n) is 3.50. The lowest BCUT2D eigenvalue weighted by Crippen LogP contribution is -2.05. The van der Waals surface area contributed by atoms with Gasteiger partial charge in [-0.15, -0.1) is 0 Å². The average molecular weight is 303 g/mol. The molecule has 0 aliphatic heterocycles. The molecule has 0 unspecified atom stereocenters. The van der Waals surface area contributed by atoms with Crippen LogP contribution in [0.5, 0.6) is 0 Å². The van der Waals surface area contributed by atoms with Crippen molar-refractivity contribution in [1.29, 1.82) is 0 Å². The van der Waals surface area contributed by atoms with Crippen LogP contribution in [0.25, 0.3) is 0 Å². The number of aryl methyl sites for hydroxylation is 2. The number of halogens is 2. The van der Waals surface area contributed by atoms with E-state index in [1.165, 1.54) is 19.2 Å². The molecule has 0 aliphatic carbocycles. The smallest absolute Gasteiger partial charge is 0.126 e. The molecule has 2 nitrogen and oxygen atoms in total. The maximum absolute atomic E-state index is 13.6. The van der Waals surface area contributed by atoms with E-state index in [4.69, 9.17) is 4.84 Å². The summed E-state index contributed by atoms with van der Waals surface area (Å²) in [5.74, 6) is -0.429. The second kappa shape index (κ2) is 8.27. The molecule has 0 spiro atoms. The van der Waals surface area contributed by atoms with Crippen LogP contribution in [0, 0.1) is 11.6 Å². The van der Waals surface area contributed by atoms with Gasteiger partial charge < -0.3 is 4.84 Å². The van der Waals surface area contributed by atoms with Gasteiger partial charge in [-0.05, 0) is 48.9 Å². The third kappa shape index (κ3) is 4.65. The van der Waals surface area contributed by atoms with Gasteiger partial charge in [-0.2, -0.15) is 0 Å². The van der Waals surface area contributed by atoms with Crippen molar-refractivity contribution in [3.63, 3.8) is 0 Å². The topological polar surface area (TPSA) is 21.6 Å². The maximum Gasteiger partial charge on any atom is 0.126 e. The Bertz CT molecular complexity index is 589. The normalized spacial score (nSPS) is 10.3. The first-order valence-electron chi connectivity index (χ1n) is 7.26. The fourth-order valence-corrected chi connectivity index (χ4v) is 2.31. The molecule has 0 aromatic heterocycles. The van der Waals surface area contributed by atoms with Crippen molar-refractivity contribution in [3.05, 3.63) is 71.3 Å². The Hall–Kier alpha value is -2.23. The number of hydrogen-bond acceptors (Lipinski definition) is 2. The zero-order chi connectivity index (χ0) is 15.8. The Balaban J connectivity index is 1.95. The minimum Gasteiger partial charge on any atom is -0.399 e. The van der Waals surface area contributed by atoms with Crippen molar-refractivity contribution in [2.45, 2.75) is 25.7 Å². The molecule has 0 saturated carbocycles. The van der Waals surface area contributed by atoms with Crippen LogP contribution in [0.1, 0.15) is 24.0 Å². The van der Waals surface area contributed by atoms with Crippen molar-refractivity contribution in [2.24, 2.45) is 5.16 Å². The van der Waals surface area contributed by atoms with Gasteiger partial charge in [0.2, 0.25) is 0 Å². The molecule has 2 aromatic carbocycles. The Kier molecular flexibility index (Phi) is 6.07. The molecule has 0 bridgehead atoms. The van der Waals surface area contributed by atoms with Crippen molar-refractivity contribution in [3.8, 4) is 0 Å². The fourth-order valence-electron chi connectivity index (χ4n) is 2.31. The molecule has 2 aromatic rings. The van der Waals surface area contributed by atoms with Crippen molar-refractivity contribution in [1.82, 2.24) is 0 Å². The van der Waals surface area contributed by atoms with Gasteiger partial charge in [0.1, 0.15) is 18.7 Å². The highest BCUT2D eigenvalue weighted by Gasteiger charge is 2.08. The molecule has 0 aliphatic rings. The van der Waals surface area contributed by atoms with Crippen LogP contribution < -0.4 is 0 Å². The number of benzene rings is 2. The minimum absolute atomic E-state index is 0.214. The molecule has 0 N–H and O–H groups in total. The molecule has 2 rings (SSSR count). The predicted octanol–water partition coefficient (Wildman–Crippen LogP) is 4.53. The Morgan fingerprint density at radius 2 is 1.32 bits per heavy atom. The van der Waals surface area contributed by atoms with Gasteiger partial charge in [-0.1, -0.05) is 41.6 Å². The van der Waals surface area contributed by atoms with E-state index >= 15 is 0 Å². The van der Waals surface area contributed by atoms with Gasteiger partial charge in [-0.3, -0.25) is 0 Å². The molecular formula is C18H19F2NO. The lowest BCUT2D eigenvalue weighted by molar-refractivity contribution is 0.211. The summed E-state index contributed by atoms with van der Waals surface area (Å²) >= 11 is 0. The van der Waals surface area contributed by atoms with Crippen molar-refractivity contribution in [2.75, 3.05) is 7.11 Å². The molecule has 4 heteroatoms. The zero-order valence-electron chi connectivity index (χ0n) is 12.6. The van der Waals surface area contributed by atoms with Gasteiger partial charge >= 0.3 is 0 Å². The standard InChI is InChI=1S/C18H19F2NO/c1-22-21-16(12-10-14-6-2-4-8-17(14)19)13-11-15-7-3-5-9-18(15)20/h2-9H,10-13H2,1H3. The number of nitrogens with zero attached hydrogens (tertiary/aromatic N) is 1. The number of hydrogen-bond donors (Lipinski definition) is 0. The van der Waals surface area contributed by atoms with Crippen molar-refractivity contribution >= 4 is 5.71 Å². The molecule has 0 radical (unpaired) electrons. The van der Waals surface area contributed by atoms with Crippen molar-refractivity contribution < 1.29 is 13.6 Å². The summed E-state index contributed by atoms with van der Waals surface area (Å²) in [5, 5.41) is 3.99. The van der Waals surface area contributed by atoms with Gasteiger partial charge in [0.05, 0.1) is 5.71 Å². The first kappa shape index (κ1) is 16.1. The van der Waals surface area contributed by atoms with Crippen LogP contribution in [-0.2, 0) is 17.7 Å². The third-order valence-corrected chi connectivity index (χ3v) is 3.50. The van der Waals surface area contributed by atoms with Gasteiger partial charge in [0.15, 0.2) is 0 Å². The summed E-state index contributed by atoms with van der Waals surface area (Å²) in [6, 6.07) is 13.4. The van der Waals surface area contributed by atoms with Gasteiger partial charge in [-0.25, -0.2) is 8.78 Å². The first-order valence-corrected chi connectivity index (χ1v) is 7.26. The summed E-state index contributed by atoms with van der Waals surface area (Å²) in [4.78, 5) is 4.84. The Morgan fingerprint density at radius 3 is 1.73 bits per heavy atom. The molecule has 0 heterocycles. The van der Waals surface area contributed by atoms with Crippen LogP contribution in [0.3, 0.4) is 0 Å².